The normalized spacial score (nSPS) is 15.5. The van der Waals surface area contributed by atoms with Crippen LogP contribution in [0.25, 0.3) is 0 Å². The highest BCUT2D eigenvalue weighted by Gasteiger charge is 2.35. The SMILES string of the molecule is CCN1CCc2cn(C/C(=C/F)CN)cc2C1=O.CCN1CCc2cn(C/C(=C/F)CN3C(=O)c4ccccc4C3=O)cc2C1=O.NN.O. The van der Waals surface area contributed by atoms with Crippen LogP contribution in [-0.2, 0) is 25.9 Å². The molecule has 0 saturated heterocycles. The molecule has 8 N–H and O–H groups in total. The molecular weight excluding hydrogens is 638 g/mol. The van der Waals surface area contributed by atoms with Crippen molar-refractivity contribution in [2.75, 3.05) is 39.3 Å². The Morgan fingerprint density at radius 3 is 1.49 bits per heavy atom. The van der Waals surface area contributed by atoms with E-state index in [-0.39, 0.29) is 42.5 Å². The second-order valence-electron chi connectivity index (χ2n) is 11.5. The highest BCUT2D eigenvalue weighted by Crippen LogP contribution is 2.25. The van der Waals surface area contributed by atoms with Gasteiger partial charge in [0, 0.05) is 70.6 Å². The van der Waals surface area contributed by atoms with Gasteiger partial charge in [0.05, 0.1) is 41.5 Å². The molecule has 0 bridgehead atoms. The number of aromatic nitrogens is 2. The fourth-order valence-electron chi connectivity index (χ4n) is 6.05. The highest BCUT2D eigenvalue weighted by molar-refractivity contribution is 6.21. The second-order valence-corrected chi connectivity index (χ2v) is 11.5. The predicted octanol–water partition coefficient (Wildman–Crippen LogP) is 1.97. The number of nitrogens with two attached hydrogens (primary N) is 3. The Kier molecular flexibility index (Phi) is 13.7. The van der Waals surface area contributed by atoms with E-state index in [0.717, 1.165) is 47.5 Å². The van der Waals surface area contributed by atoms with Crippen LogP contribution in [0.5, 0.6) is 0 Å². The third kappa shape index (κ3) is 8.20. The second kappa shape index (κ2) is 17.4. The first-order chi connectivity index (χ1) is 23.2. The van der Waals surface area contributed by atoms with Crippen LogP contribution < -0.4 is 17.4 Å². The lowest BCUT2D eigenvalue weighted by Gasteiger charge is -2.25. The first-order valence-electron chi connectivity index (χ1n) is 15.7. The molecule has 4 amide bonds. The molecule has 13 nitrogen and oxygen atoms in total. The van der Waals surface area contributed by atoms with Gasteiger partial charge < -0.3 is 30.1 Å². The van der Waals surface area contributed by atoms with E-state index in [2.05, 4.69) is 11.7 Å². The van der Waals surface area contributed by atoms with E-state index in [0.29, 0.717) is 54.6 Å². The zero-order valence-electron chi connectivity index (χ0n) is 27.7. The summed E-state index contributed by atoms with van der Waals surface area (Å²) < 4.78 is 29.6. The van der Waals surface area contributed by atoms with Gasteiger partial charge in [0.2, 0.25) is 0 Å². The lowest BCUT2D eigenvalue weighted by Crippen LogP contribution is -2.36. The summed E-state index contributed by atoms with van der Waals surface area (Å²) >= 11 is 0. The van der Waals surface area contributed by atoms with Gasteiger partial charge in [-0.2, -0.15) is 0 Å². The molecule has 264 valence electrons. The number of amides is 4. The number of fused-ring (bicyclic) bond motifs is 3. The molecule has 0 atom stereocenters. The number of hydrazine groups is 1. The van der Waals surface area contributed by atoms with Crippen molar-refractivity contribution >= 4 is 23.6 Å². The number of hydrogen-bond acceptors (Lipinski definition) is 7. The fraction of sp³-hybridized carbons (Fsp3) is 0.353. The minimum atomic E-state index is -0.416. The standard InChI is InChI=1S/C21H20FN3O3.C13H18FN3O.H4N2.H2O/c1-2-24-8-7-15-12-23(13-18(15)19(24)26)10-14(9-22)11-25-20(27)16-5-3-4-6-17(16)21(25)28;1-2-17-4-3-11-8-16(7-10(5-14)6-15)9-12(11)13(17)18;1-2;/h3-6,9,12-13H,2,7-8,10-11H2,1H3;5,8-9H,2-4,6-7,15H2,1H3;1-2H2;1H2/b14-9-;10-5+;;. The van der Waals surface area contributed by atoms with Crippen molar-refractivity contribution in [2.45, 2.75) is 39.8 Å². The van der Waals surface area contributed by atoms with Crippen LogP contribution in [0.4, 0.5) is 8.78 Å². The Hall–Kier alpha value is -4.96. The summed E-state index contributed by atoms with van der Waals surface area (Å²) in [5, 5.41) is 0. The topological polar surface area (TPSA) is 197 Å². The number of nitrogens with zero attached hydrogens (tertiary/aromatic N) is 5. The Balaban J connectivity index is 0.000000269. The van der Waals surface area contributed by atoms with E-state index in [4.69, 9.17) is 5.73 Å². The Morgan fingerprint density at radius 1 is 0.673 bits per heavy atom. The van der Waals surface area contributed by atoms with Crippen LogP contribution in [0.2, 0.25) is 0 Å². The van der Waals surface area contributed by atoms with Gasteiger partial charge in [0.1, 0.15) is 0 Å². The average Bonchev–Trinajstić information content (AvgIpc) is 3.80. The van der Waals surface area contributed by atoms with Gasteiger partial charge in [0.15, 0.2) is 0 Å². The molecule has 2 aromatic heterocycles. The minimum Gasteiger partial charge on any atom is -0.412 e. The van der Waals surface area contributed by atoms with Gasteiger partial charge in [-0.25, -0.2) is 8.78 Å². The Bertz CT molecular complexity index is 1700. The van der Waals surface area contributed by atoms with Crippen molar-refractivity contribution in [3.63, 3.8) is 0 Å². The molecule has 0 aliphatic carbocycles. The molecule has 0 radical (unpaired) electrons. The van der Waals surface area contributed by atoms with Gasteiger partial charge >= 0.3 is 0 Å². The number of rotatable bonds is 9. The minimum absolute atomic E-state index is 0. The number of carbonyl (C=O) groups is 4. The number of hydrogen-bond donors (Lipinski definition) is 3. The summed E-state index contributed by atoms with van der Waals surface area (Å²) in [5.74, 6) is 7.21. The molecule has 6 rings (SSSR count). The first-order valence-corrected chi connectivity index (χ1v) is 15.7. The molecule has 3 aromatic rings. The van der Waals surface area contributed by atoms with Gasteiger partial charge in [-0.15, -0.1) is 0 Å². The van der Waals surface area contributed by atoms with E-state index >= 15 is 0 Å². The van der Waals surface area contributed by atoms with Crippen LogP contribution in [0.1, 0.15) is 66.4 Å². The molecule has 0 saturated carbocycles. The molecule has 15 heteroatoms. The highest BCUT2D eigenvalue weighted by atomic mass is 19.1. The van der Waals surface area contributed by atoms with Crippen LogP contribution in [-0.4, -0.2) is 92.2 Å². The number of halogens is 2. The summed E-state index contributed by atoms with van der Waals surface area (Å²) in [6, 6.07) is 6.58. The summed E-state index contributed by atoms with van der Waals surface area (Å²) in [6.07, 6.45) is 9.85. The lowest BCUT2D eigenvalue weighted by atomic mass is 10.1. The van der Waals surface area contributed by atoms with E-state index in [1.165, 1.54) is 0 Å². The average molecular weight is 683 g/mol. The number of carbonyl (C=O) groups excluding carboxylic acids is 4. The Morgan fingerprint density at radius 2 is 1.10 bits per heavy atom. The van der Waals surface area contributed by atoms with Gasteiger partial charge in [-0.05, 0) is 61.1 Å². The fourth-order valence-corrected chi connectivity index (χ4v) is 6.05. The van der Waals surface area contributed by atoms with Crippen molar-refractivity contribution in [1.29, 1.82) is 0 Å². The van der Waals surface area contributed by atoms with E-state index < -0.39 is 11.8 Å². The van der Waals surface area contributed by atoms with Gasteiger partial charge in [-0.1, -0.05) is 12.1 Å². The maximum Gasteiger partial charge on any atom is 0.261 e. The molecule has 3 aliphatic rings. The lowest BCUT2D eigenvalue weighted by molar-refractivity contribution is 0.0663. The summed E-state index contributed by atoms with van der Waals surface area (Å²) in [7, 11) is 0. The number of likely N-dealkylation sites (N-methyl/N-ethyl adjacent to an activating group) is 2. The van der Waals surface area contributed by atoms with Crippen LogP contribution in [0, 0.1) is 0 Å². The third-order valence-electron chi connectivity index (χ3n) is 8.61. The van der Waals surface area contributed by atoms with Crippen molar-refractivity contribution < 1.29 is 33.4 Å². The maximum atomic E-state index is 13.6. The zero-order chi connectivity index (χ0) is 35.0. The van der Waals surface area contributed by atoms with Crippen LogP contribution in [0.15, 0.2) is 72.9 Å². The molecule has 49 heavy (non-hydrogen) atoms. The summed E-state index contributed by atoms with van der Waals surface area (Å²) in [6.45, 7) is 7.35. The van der Waals surface area contributed by atoms with Crippen molar-refractivity contribution in [2.24, 2.45) is 17.4 Å². The molecule has 1 aromatic carbocycles. The van der Waals surface area contributed by atoms with E-state index in [9.17, 15) is 28.0 Å². The van der Waals surface area contributed by atoms with E-state index in [1.54, 1.807) is 46.1 Å². The van der Waals surface area contributed by atoms with Gasteiger partial charge in [-0.3, -0.25) is 35.8 Å². The maximum absolute atomic E-state index is 13.6. The number of imide groups is 1. The largest absolute Gasteiger partial charge is 0.412 e. The smallest absolute Gasteiger partial charge is 0.261 e. The first kappa shape index (κ1) is 38.5. The van der Waals surface area contributed by atoms with Crippen molar-refractivity contribution in [3.8, 4) is 0 Å². The predicted molar refractivity (Wildman–Crippen MR) is 181 cm³/mol. The monoisotopic (exact) mass is 682 g/mol. The molecule has 0 spiro atoms. The van der Waals surface area contributed by atoms with Crippen molar-refractivity contribution in [3.05, 3.63) is 106 Å². The van der Waals surface area contributed by atoms with Crippen molar-refractivity contribution in [1.82, 2.24) is 23.8 Å². The molecule has 5 heterocycles. The van der Waals surface area contributed by atoms with Crippen LogP contribution in [0.3, 0.4) is 0 Å². The zero-order valence-corrected chi connectivity index (χ0v) is 27.7. The number of benzene rings is 1. The summed E-state index contributed by atoms with van der Waals surface area (Å²) in [5.41, 5.74) is 10.2. The quantitative estimate of drug-likeness (QED) is 0.174. The van der Waals surface area contributed by atoms with Gasteiger partial charge in [0.25, 0.3) is 23.6 Å². The molecule has 0 unspecified atom stereocenters. The molecule has 0 fully saturated rings. The summed E-state index contributed by atoms with van der Waals surface area (Å²) in [4.78, 5) is 54.1. The third-order valence-corrected chi connectivity index (χ3v) is 8.61. The molecular formula is C34H44F2N8O5. The van der Waals surface area contributed by atoms with Crippen LogP contribution >= 0.6 is 0 Å². The Labute approximate surface area is 283 Å². The van der Waals surface area contributed by atoms with E-state index in [1.807, 2.05) is 35.7 Å². The molecule has 3 aliphatic heterocycles.